The second-order valence-corrected chi connectivity index (χ2v) is 7.04. The predicted molar refractivity (Wildman–Crippen MR) is 78.9 cm³/mol. The predicted octanol–water partition coefficient (Wildman–Crippen LogP) is 1.24. The number of sulfonamides is 1. The second-order valence-electron chi connectivity index (χ2n) is 5.20. The molecule has 0 aliphatic carbocycles. The Labute approximate surface area is 121 Å². The summed E-state index contributed by atoms with van der Waals surface area (Å²) in [7, 11) is -3.53. The molecule has 0 heterocycles. The van der Waals surface area contributed by atoms with Gasteiger partial charge in [-0.15, -0.1) is 0 Å². The zero-order valence-corrected chi connectivity index (χ0v) is 13.0. The van der Waals surface area contributed by atoms with E-state index in [4.69, 9.17) is 4.74 Å². The number of aliphatic hydroxyl groups is 1. The van der Waals surface area contributed by atoms with Crippen molar-refractivity contribution < 1.29 is 18.3 Å². The van der Waals surface area contributed by atoms with Crippen LogP contribution >= 0.6 is 0 Å². The summed E-state index contributed by atoms with van der Waals surface area (Å²) in [5.41, 5.74) is -0.311. The first kappa shape index (κ1) is 17.1. The molecule has 1 aromatic carbocycles. The summed E-state index contributed by atoms with van der Waals surface area (Å²) in [5, 5.41) is 9.56. The Kier molecular flexibility index (Phi) is 6.13. The molecule has 0 saturated heterocycles. The van der Waals surface area contributed by atoms with Gasteiger partial charge >= 0.3 is 0 Å². The highest BCUT2D eigenvalue weighted by atomic mass is 32.2. The molecule has 0 fully saturated rings. The van der Waals surface area contributed by atoms with Gasteiger partial charge in [0.15, 0.2) is 0 Å². The molecule has 6 heteroatoms. The molecule has 2 N–H and O–H groups in total. The van der Waals surface area contributed by atoms with Crippen molar-refractivity contribution in [2.75, 3.05) is 19.0 Å². The lowest BCUT2D eigenvalue weighted by Crippen LogP contribution is -2.47. The first-order valence-electron chi connectivity index (χ1n) is 6.59. The Morgan fingerprint density at radius 3 is 2.40 bits per heavy atom. The molecule has 1 rings (SSSR count). The molecule has 20 heavy (non-hydrogen) atoms. The quantitative estimate of drug-likeness (QED) is 0.757. The second kappa shape index (κ2) is 7.17. The number of ether oxygens (including phenoxy) is 1. The van der Waals surface area contributed by atoms with E-state index in [-0.39, 0.29) is 25.1 Å². The van der Waals surface area contributed by atoms with E-state index >= 15 is 0 Å². The maximum absolute atomic E-state index is 12.1. The summed E-state index contributed by atoms with van der Waals surface area (Å²) in [6, 6.07) is 9.01. The number of nitrogens with one attached hydrogen (secondary N) is 1. The molecule has 0 saturated carbocycles. The molecule has 1 atom stereocenters. The molecule has 114 valence electrons. The summed E-state index contributed by atoms with van der Waals surface area (Å²) in [5.74, 6) is -0.131. The molecule has 0 radical (unpaired) electrons. The van der Waals surface area contributed by atoms with Crippen molar-refractivity contribution in [1.29, 1.82) is 0 Å². The number of benzene rings is 1. The maximum atomic E-state index is 12.1. The summed E-state index contributed by atoms with van der Waals surface area (Å²) < 4.78 is 31.9. The van der Waals surface area contributed by atoms with Crippen molar-refractivity contribution in [3.05, 3.63) is 35.9 Å². The minimum Gasteiger partial charge on any atom is -0.394 e. The summed E-state index contributed by atoms with van der Waals surface area (Å²) >= 11 is 0. The monoisotopic (exact) mass is 301 g/mol. The van der Waals surface area contributed by atoms with Gasteiger partial charge in [-0.05, 0) is 26.3 Å². The number of aliphatic hydroxyl groups excluding tert-OH is 1. The molecule has 1 unspecified atom stereocenters. The van der Waals surface area contributed by atoms with Gasteiger partial charge in [0.25, 0.3) is 0 Å². The SMILES string of the molecule is CC(C)OCCS(=O)(=O)NC(C)(CO)c1ccccc1. The highest BCUT2D eigenvalue weighted by molar-refractivity contribution is 7.89. The van der Waals surface area contributed by atoms with Crippen LogP contribution in [0.1, 0.15) is 26.3 Å². The van der Waals surface area contributed by atoms with Gasteiger partial charge in [-0.25, -0.2) is 13.1 Å². The van der Waals surface area contributed by atoms with Crippen LogP contribution in [-0.4, -0.2) is 38.6 Å². The summed E-state index contributed by atoms with van der Waals surface area (Å²) in [6.45, 7) is 5.16. The first-order chi connectivity index (χ1) is 9.29. The smallest absolute Gasteiger partial charge is 0.214 e. The fraction of sp³-hybridized carbons (Fsp3) is 0.571. The highest BCUT2D eigenvalue weighted by Gasteiger charge is 2.30. The van der Waals surface area contributed by atoms with E-state index in [1.165, 1.54) is 0 Å². The first-order valence-corrected chi connectivity index (χ1v) is 8.24. The molecule has 1 aromatic rings. The van der Waals surface area contributed by atoms with Crippen molar-refractivity contribution in [3.63, 3.8) is 0 Å². The summed E-state index contributed by atoms with van der Waals surface area (Å²) in [4.78, 5) is 0. The van der Waals surface area contributed by atoms with Crippen LogP contribution < -0.4 is 4.72 Å². The molecule has 0 bridgehead atoms. The Morgan fingerprint density at radius 1 is 1.30 bits per heavy atom. The Bertz CT molecular complexity index is 501. The van der Waals surface area contributed by atoms with E-state index in [0.717, 1.165) is 5.56 Å². The van der Waals surface area contributed by atoms with Crippen LogP contribution in [0.4, 0.5) is 0 Å². The van der Waals surface area contributed by atoms with Crippen LogP contribution in [0.5, 0.6) is 0 Å². The lowest BCUT2D eigenvalue weighted by atomic mass is 9.94. The van der Waals surface area contributed by atoms with Crippen molar-refractivity contribution >= 4 is 10.0 Å². The van der Waals surface area contributed by atoms with Gasteiger partial charge < -0.3 is 9.84 Å². The summed E-state index contributed by atoms with van der Waals surface area (Å²) in [6.07, 6.45) is -0.0106. The third-order valence-electron chi connectivity index (χ3n) is 2.91. The van der Waals surface area contributed by atoms with Gasteiger partial charge in [0.2, 0.25) is 10.0 Å². The van der Waals surface area contributed by atoms with E-state index in [0.29, 0.717) is 0 Å². The molecule has 0 aliphatic rings. The Morgan fingerprint density at radius 2 is 1.90 bits per heavy atom. The van der Waals surface area contributed by atoms with E-state index in [9.17, 15) is 13.5 Å². The van der Waals surface area contributed by atoms with Crippen LogP contribution in [0, 0.1) is 0 Å². The third-order valence-corrected chi connectivity index (χ3v) is 4.38. The number of hydrogen-bond donors (Lipinski definition) is 2. The molecule has 0 spiro atoms. The van der Waals surface area contributed by atoms with Crippen LogP contribution in [0.15, 0.2) is 30.3 Å². The third kappa shape index (κ3) is 5.20. The highest BCUT2D eigenvalue weighted by Crippen LogP contribution is 2.20. The van der Waals surface area contributed by atoms with Crippen LogP contribution in [0.25, 0.3) is 0 Å². The van der Waals surface area contributed by atoms with Gasteiger partial charge in [-0.1, -0.05) is 30.3 Å². The fourth-order valence-corrected chi connectivity index (χ4v) is 3.06. The Balaban J connectivity index is 2.77. The van der Waals surface area contributed by atoms with Gasteiger partial charge in [0, 0.05) is 0 Å². The van der Waals surface area contributed by atoms with E-state index < -0.39 is 15.6 Å². The Hall–Kier alpha value is -0.950. The van der Waals surface area contributed by atoms with Crippen LogP contribution in [0.3, 0.4) is 0 Å². The number of hydrogen-bond acceptors (Lipinski definition) is 4. The van der Waals surface area contributed by atoms with Gasteiger partial charge in [-0.2, -0.15) is 0 Å². The zero-order chi connectivity index (χ0) is 15.2. The fourth-order valence-electron chi connectivity index (χ4n) is 1.78. The van der Waals surface area contributed by atoms with Crippen molar-refractivity contribution in [2.45, 2.75) is 32.4 Å². The largest absolute Gasteiger partial charge is 0.394 e. The molecule has 0 aliphatic heterocycles. The molecule has 0 amide bonds. The van der Waals surface area contributed by atoms with Gasteiger partial charge in [-0.3, -0.25) is 0 Å². The van der Waals surface area contributed by atoms with Crippen LogP contribution in [-0.2, 0) is 20.3 Å². The van der Waals surface area contributed by atoms with Gasteiger partial charge in [0.05, 0.1) is 30.6 Å². The minimum absolute atomic E-state index is 0.0106. The van der Waals surface area contributed by atoms with Crippen molar-refractivity contribution in [1.82, 2.24) is 4.72 Å². The average molecular weight is 301 g/mol. The zero-order valence-electron chi connectivity index (χ0n) is 12.2. The lowest BCUT2D eigenvalue weighted by molar-refractivity contribution is 0.0909. The standard InChI is InChI=1S/C14H23NO4S/c1-12(2)19-9-10-20(17,18)15-14(3,11-16)13-7-5-4-6-8-13/h4-8,12,15-16H,9-11H2,1-3H3. The van der Waals surface area contributed by atoms with Crippen LogP contribution in [0.2, 0.25) is 0 Å². The number of rotatable bonds is 8. The average Bonchev–Trinajstić information content (AvgIpc) is 2.38. The minimum atomic E-state index is -3.53. The molecule has 5 nitrogen and oxygen atoms in total. The normalized spacial score (nSPS) is 15.2. The molecular formula is C14H23NO4S. The van der Waals surface area contributed by atoms with E-state index in [2.05, 4.69) is 4.72 Å². The lowest BCUT2D eigenvalue weighted by Gasteiger charge is -2.29. The van der Waals surface area contributed by atoms with Gasteiger partial charge in [0.1, 0.15) is 0 Å². The topological polar surface area (TPSA) is 75.6 Å². The van der Waals surface area contributed by atoms with E-state index in [1.54, 1.807) is 31.2 Å². The van der Waals surface area contributed by atoms with Crippen molar-refractivity contribution in [2.24, 2.45) is 0 Å². The van der Waals surface area contributed by atoms with E-state index in [1.807, 2.05) is 19.9 Å². The van der Waals surface area contributed by atoms with Crippen molar-refractivity contribution in [3.8, 4) is 0 Å². The molecular weight excluding hydrogens is 278 g/mol. The molecule has 0 aromatic heterocycles. The maximum Gasteiger partial charge on any atom is 0.214 e.